The molecule has 1 fully saturated rings. The predicted octanol–water partition coefficient (Wildman–Crippen LogP) is 2.93. The predicted molar refractivity (Wildman–Crippen MR) is 93.6 cm³/mol. The third-order valence-electron chi connectivity index (χ3n) is 3.97. The summed E-state index contributed by atoms with van der Waals surface area (Å²) in [6.07, 6.45) is 0. The van der Waals surface area contributed by atoms with Crippen molar-refractivity contribution in [2.24, 2.45) is 0 Å². The molecular formula is C18H21N3S. The van der Waals surface area contributed by atoms with Gasteiger partial charge in [0.2, 0.25) is 0 Å². The van der Waals surface area contributed by atoms with Gasteiger partial charge in [0, 0.05) is 36.6 Å². The fraction of sp³-hybridized carbons (Fsp3) is 0.389. The van der Waals surface area contributed by atoms with Gasteiger partial charge in [0.05, 0.1) is 12.2 Å². The molecule has 1 saturated heterocycles. The molecule has 114 valence electrons. The molecule has 0 atom stereocenters. The van der Waals surface area contributed by atoms with Crippen molar-refractivity contribution < 1.29 is 0 Å². The van der Waals surface area contributed by atoms with Crippen LogP contribution in [-0.2, 0) is 0 Å². The summed E-state index contributed by atoms with van der Waals surface area (Å²) in [7, 11) is 0. The molecule has 0 saturated carbocycles. The van der Waals surface area contributed by atoms with Crippen molar-refractivity contribution in [3.8, 4) is 11.8 Å². The molecule has 3 rings (SSSR count). The van der Waals surface area contributed by atoms with Crippen LogP contribution < -0.4 is 4.90 Å². The van der Waals surface area contributed by atoms with E-state index in [0.717, 1.165) is 44.0 Å². The Morgan fingerprint density at radius 1 is 1.09 bits per heavy atom. The van der Waals surface area contributed by atoms with Crippen molar-refractivity contribution >= 4 is 16.5 Å². The summed E-state index contributed by atoms with van der Waals surface area (Å²) in [5, 5.41) is 1.17. The molecule has 2 aromatic rings. The minimum absolute atomic E-state index is 0.846. The zero-order chi connectivity index (χ0) is 15.4. The van der Waals surface area contributed by atoms with Crippen molar-refractivity contribution in [2.45, 2.75) is 13.8 Å². The van der Waals surface area contributed by atoms with Crippen molar-refractivity contribution in [3.05, 3.63) is 46.5 Å². The highest BCUT2D eigenvalue weighted by Crippen LogP contribution is 2.25. The molecule has 0 bridgehead atoms. The smallest absolute Gasteiger partial charge is 0.185 e. The van der Waals surface area contributed by atoms with E-state index in [1.165, 1.54) is 10.0 Å². The summed E-state index contributed by atoms with van der Waals surface area (Å²) in [5.41, 5.74) is 2.26. The van der Waals surface area contributed by atoms with Crippen LogP contribution in [0, 0.1) is 25.7 Å². The molecular weight excluding hydrogens is 290 g/mol. The average Bonchev–Trinajstić information content (AvgIpc) is 2.88. The van der Waals surface area contributed by atoms with Crippen LogP contribution in [-0.4, -0.2) is 42.6 Å². The highest BCUT2D eigenvalue weighted by molar-refractivity contribution is 7.15. The number of benzene rings is 1. The van der Waals surface area contributed by atoms with Crippen LogP contribution >= 0.6 is 11.3 Å². The Hall–Kier alpha value is -1.83. The topological polar surface area (TPSA) is 19.4 Å². The SMILES string of the molecule is Cc1nc(N2CCN(CC#Cc3ccccc3)CC2)sc1C. The van der Waals surface area contributed by atoms with E-state index < -0.39 is 0 Å². The van der Waals surface area contributed by atoms with Crippen LogP contribution in [0.5, 0.6) is 0 Å². The van der Waals surface area contributed by atoms with Gasteiger partial charge in [0.1, 0.15) is 0 Å². The molecule has 0 spiro atoms. The fourth-order valence-electron chi connectivity index (χ4n) is 2.46. The molecule has 1 aliphatic heterocycles. The lowest BCUT2D eigenvalue weighted by molar-refractivity contribution is 0.288. The monoisotopic (exact) mass is 311 g/mol. The number of nitrogens with zero attached hydrogens (tertiary/aromatic N) is 3. The molecule has 3 nitrogen and oxygen atoms in total. The zero-order valence-corrected chi connectivity index (χ0v) is 14.0. The third-order valence-corrected chi connectivity index (χ3v) is 5.10. The summed E-state index contributed by atoms with van der Waals surface area (Å²) >= 11 is 1.81. The highest BCUT2D eigenvalue weighted by Gasteiger charge is 2.19. The maximum absolute atomic E-state index is 4.66. The van der Waals surface area contributed by atoms with Crippen LogP contribution in [0.3, 0.4) is 0 Å². The first-order chi connectivity index (χ1) is 10.7. The van der Waals surface area contributed by atoms with Crippen molar-refractivity contribution in [1.82, 2.24) is 9.88 Å². The molecule has 0 radical (unpaired) electrons. The first-order valence-corrected chi connectivity index (χ1v) is 8.49. The van der Waals surface area contributed by atoms with E-state index in [1.807, 2.05) is 18.2 Å². The normalized spacial score (nSPS) is 15.5. The molecule has 1 aromatic carbocycles. The summed E-state index contributed by atoms with van der Waals surface area (Å²) in [6, 6.07) is 10.2. The van der Waals surface area contributed by atoms with Gasteiger partial charge in [0.25, 0.3) is 0 Å². The van der Waals surface area contributed by atoms with E-state index in [9.17, 15) is 0 Å². The van der Waals surface area contributed by atoms with E-state index in [2.05, 4.69) is 52.6 Å². The molecule has 0 N–H and O–H groups in total. The van der Waals surface area contributed by atoms with Gasteiger partial charge in [-0.3, -0.25) is 4.90 Å². The zero-order valence-electron chi connectivity index (χ0n) is 13.2. The summed E-state index contributed by atoms with van der Waals surface area (Å²) in [5.74, 6) is 6.51. The number of hydrogen-bond acceptors (Lipinski definition) is 4. The molecule has 4 heteroatoms. The van der Waals surface area contributed by atoms with Gasteiger partial charge < -0.3 is 4.90 Å². The molecule has 0 amide bonds. The second kappa shape index (κ2) is 6.95. The molecule has 1 aliphatic rings. The Morgan fingerprint density at radius 3 is 2.45 bits per heavy atom. The van der Waals surface area contributed by atoms with E-state index in [-0.39, 0.29) is 0 Å². The first kappa shape index (κ1) is 15.1. The summed E-state index contributed by atoms with van der Waals surface area (Å²) in [4.78, 5) is 10.8. The van der Waals surface area contributed by atoms with Gasteiger partial charge >= 0.3 is 0 Å². The Labute approximate surface area is 136 Å². The number of rotatable bonds is 2. The van der Waals surface area contributed by atoms with Gasteiger partial charge in [-0.2, -0.15) is 0 Å². The van der Waals surface area contributed by atoms with Gasteiger partial charge in [-0.25, -0.2) is 4.98 Å². The molecule has 1 aromatic heterocycles. The first-order valence-electron chi connectivity index (χ1n) is 7.67. The van der Waals surface area contributed by atoms with Crippen LogP contribution in [0.1, 0.15) is 16.1 Å². The number of thiazole rings is 1. The Bertz CT molecular complexity index is 654. The molecule has 0 aliphatic carbocycles. The molecule has 0 unspecified atom stereocenters. The lowest BCUT2D eigenvalue weighted by atomic mass is 10.2. The quantitative estimate of drug-likeness (QED) is 0.795. The Morgan fingerprint density at radius 2 is 1.82 bits per heavy atom. The lowest BCUT2D eigenvalue weighted by Gasteiger charge is -2.33. The van der Waals surface area contributed by atoms with E-state index in [0.29, 0.717) is 0 Å². The Kier molecular flexibility index (Phi) is 4.77. The van der Waals surface area contributed by atoms with Crippen LogP contribution in [0.15, 0.2) is 30.3 Å². The van der Waals surface area contributed by atoms with Gasteiger partial charge in [0.15, 0.2) is 5.13 Å². The van der Waals surface area contributed by atoms with Gasteiger partial charge in [-0.1, -0.05) is 30.0 Å². The second-order valence-electron chi connectivity index (χ2n) is 5.57. The van der Waals surface area contributed by atoms with Crippen LogP contribution in [0.25, 0.3) is 0 Å². The van der Waals surface area contributed by atoms with E-state index in [1.54, 1.807) is 11.3 Å². The number of anilines is 1. The van der Waals surface area contributed by atoms with Crippen LogP contribution in [0.2, 0.25) is 0 Å². The minimum Gasteiger partial charge on any atom is -0.346 e. The van der Waals surface area contributed by atoms with Gasteiger partial charge in [-0.05, 0) is 26.0 Å². The third kappa shape index (κ3) is 3.68. The number of aryl methyl sites for hydroxylation is 2. The second-order valence-corrected chi connectivity index (χ2v) is 6.75. The highest BCUT2D eigenvalue weighted by atomic mass is 32.1. The molecule has 22 heavy (non-hydrogen) atoms. The van der Waals surface area contributed by atoms with Crippen LogP contribution in [0.4, 0.5) is 5.13 Å². The standard InChI is InChI=1S/C18H21N3S/c1-15-16(2)22-18(19-15)21-13-11-20(12-14-21)10-6-9-17-7-4-3-5-8-17/h3-5,7-8H,10-14H2,1-2H3. The average molecular weight is 311 g/mol. The lowest BCUT2D eigenvalue weighted by Crippen LogP contribution is -2.46. The maximum Gasteiger partial charge on any atom is 0.185 e. The van der Waals surface area contributed by atoms with E-state index >= 15 is 0 Å². The van der Waals surface area contributed by atoms with Crippen molar-refractivity contribution in [3.63, 3.8) is 0 Å². The number of piperazine rings is 1. The number of hydrogen-bond donors (Lipinski definition) is 0. The fourth-order valence-corrected chi connectivity index (χ4v) is 3.42. The van der Waals surface area contributed by atoms with Gasteiger partial charge in [-0.15, -0.1) is 11.3 Å². The summed E-state index contributed by atoms with van der Waals surface area (Å²) < 4.78 is 0. The number of aromatic nitrogens is 1. The largest absolute Gasteiger partial charge is 0.346 e. The van der Waals surface area contributed by atoms with Crippen molar-refractivity contribution in [2.75, 3.05) is 37.6 Å². The summed E-state index contributed by atoms with van der Waals surface area (Å²) in [6.45, 7) is 9.27. The molecule has 2 heterocycles. The minimum atomic E-state index is 0.846. The Balaban J connectivity index is 1.51. The van der Waals surface area contributed by atoms with Crippen molar-refractivity contribution in [1.29, 1.82) is 0 Å². The van der Waals surface area contributed by atoms with E-state index in [4.69, 9.17) is 0 Å². The maximum atomic E-state index is 4.66.